The molecule has 1 amide bonds. The second-order valence-electron chi connectivity index (χ2n) is 7.66. The highest BCUT2D eigenvalue weighted by molar-refractivity contribution is 6.22. The zero-order valence-corrected chi connectivity index (χ0v) is 15.0. The Hall–Kier alpha value is -3.13. The zero-order chi connectivity index (χ0) is 20.5. The number of hydrogen-bond acceptors (Lipinski definition) is 7. The minimum Gasteiger partial charge on any atom is -0.508 e. The number of aryl methyl sites for hydroxylation is 1. The van der Waals surface area contributed by atoms with Gasteiger partial charge in [0.1, 0.15) is 22.8 Å². The van der Waals surface area contributed by atoms with Gasteiger partial charge in [0, 0.05) is 17.9 Å². The number of hydrogen-bond donors (Lipinski definition) is 5. The van der Waals surface area contributed by atoms with Gasteiger partial charge in [-0.2, -0.15) is 0 Å². The van der Waals surface area contributed by atoms with Gasteiger partial charge in [0.25, 0.3) is 5.91 Å². The smallest absolute Gasteiger partial charge is 0.255 e. The standard InChI is InChI=1S/C20H19NO7/c1-7-2-3-11(22)14-10(7)5-8-4-9-6-12(23)15(19(21)27)18(26)20(9,28)17(25)13(8)16(14)24/h2-3,8-9,22,24,26,28H,4-6H2,1H3,(H2,21,27)/t8?,9-,20-/m0/s1. The van der Waals surface area contributed by atoms with E-state index in [1.165, 1.54) is 6.07 Å². The lowest BCUT2D eigenvalue weighted by atomic mass is 9.59. The molecular formula is C20H19NO7. The highest BCUT2D eigenvalue weighted by Crippen LogP contribution is 2.52. The molecule has 3 aliphatic carbocycles. The second-order valence-corrected chi connectivity index (χ2v) is 7.66. The first-order chi connectivity index (χ1) is 13.1. The molecule has 3 atom stereocenters. The van der Waals surface area contributed by atoms with Crippen molar-refractivity contribution in [3.8, 4) is 5.75 Å². The lowest BCUT2D eigenvalue weighted by Gasteiger charge is -2.46. The fourth-order valence-corrected chi connectivity index (χ4v) is 4.78. The summed E-state index contributed by atoms with van der Waals surface area (Å²) in [6, 6.07) is 3.10. The van der Waals surface area contributed by atoms with Crippen molar-refractivity contribution in [3.63, 3.8) is 0 Å². The number of phenols is 1. The maximum absolute atomic E-state index is 13.2. The summed E-state index contributed by atoms with van der Waals surface area (Å²) in [4.78, 5) is 37.0. The Balaban J connectivity index is 1.95. The second kappa shape index (κ2) is 5.68. The molecule has 1 unspecified atom stereocenters. The zero-order valence-electron chi connectivity index (χ0n) is 15.0. The van der Waals surface area contributed by atoms with Crippen LogP contribution < -0.4 is 5.73 Å². The molecule has 6 N–H and O–H groups in total. The molecule has 8 heteroatoms. The number of primary amides is 1. The number of phenolic OH excluding ortho intramolecular Hbond substituents is 1. The topological polar surface area (TPSA) is 158 Å². The van der Waals surface area contributed by atoms with Gasteiger partial charge in [0.05, 0.1) is 5.56 Å². The molecule has 1 fully saturated rings. The largest absolute Gasteiger partial charge is 0.508 e. The van der Waals surface area contributed by atoms with Crippen LogP contribution in [0.25, 0.3) is 5.76 Å². The third-order valence-electron chi connectivity index (χ3n) is 6.18. The summed E-state index contributed by atoms with van der Waals surface area (Å²) in [7, 11) is 0. The summed E-state index contributed by atoms with van der Waals surface area (Å²) in [5, 5.41) is 42.5. The molecule has 0 aliphatic heterocycles. The van der Waals surface area contributed by atoms with E-state index in [4.69, 9.17) is 5.73 Å². The first kappa shape index (κ1) is 18.2. The number of aliphatic hydroxyl groups is 3. The van der Waals surface area contributed by atoms with E-state index in [9.17, 15) is 34.8 Å². The number of fused-ring (bicyclic) bond motifs is 3. The first-order valence-electron chi connectivity index (χ1n) is 8.87. The monoisotopic (exact) mass is 385 g/mol. The van der Waals surface area contributed by atoms with E-state index in [1.54, 1.807) is 6.07 Å². The molecule has 0 spiro atoms. The number of Topliss-reactive ketones (excluding diaryl/α,β-unsaturated/α-hetero) is 2. The number of nitrogens with two attached hydrogens (primary N) is 1. The summed E-state index contributed by atoms with van der Waals surface area (Å²) >= 11 is 0. The van der Waals surface area contributed by atoms with Crippen LogP contribution in [0, 0.1) is 18.8 Å². The Labute approximate surface area is 159 Å². The average molecular weight is 385 g/mol. The molecular weight excluding hydrogens is 366 g/mol. The van der Waals surface area contributed by atoms with Crippen LogP contribution in [0.2, 0.25) is 0 Å². The highest BCUT2D eigenvalue weighted by atomic mass is 16.3. The number of carbonyl (C=O) groups is 3. The van der Waals surface area contributed by atoms with Crippen molar-refractivity contribution < 1.29 is 34.8 Å². The van der Waals surface area contributed by atoms with E-state index in [2.05, 4.69) is 0 Å². The van der Waals surface area contributed by atoms with Crippen LogP contribution >= 0.6 is 0 Å². The number of benzene rings is 1. The Morgan fingerprint density at radius 2 is 1.86 bits per heavy atom. The van der Waals surface area contributed by atoms with Crippen LogP contribution in [-0.4, -0.2) is 43.5 Å². The molecule has 3 aliphatic rings. The Bertz CT molecular complexity index is 1040. The Kier molecular flexibility index (Phi) is 3.70. The van der Waals surface area contributed by atoms with Crippen molar-refractivity contribution in [1.29, 1.82) is 0 Å². The Morgan fingerprint density at radius 3 is 2.50 bits per heavy atom. The first-order valence-corrected chi connectivity index (χ1v) is 8.87. The third-order valence-corrected chi connectivity index (χ3v) is 6.18. The van der Waals surface area contributed by atoms with Gasteiger partial charge in [0.15, 0.2) is 11.4 Å². The maximum Gasteiger partial charge on any atom is 0.255 e. The molecule has 1 saturated carbocycles. The normalized spacial score (nSPS) is 29.4. The van der Waals surface area contributed by atoms with Gasteiger partial charge in [-0.05, 0) is 42.9 Å². The van der Waals surface area contributed by atoms with Crippen LogP contribution in [0.3, 0.4) is 0 Å². The van der Waals surface area contributed by atoms with Gasteiger partial charge in [-0.15, -0.1) is 0 Å². The van der Waals surface area contributed by atoms with Gasteiger partial charge in [0.2, 0.25) is 5.78 Å². The van der Waals surface area contributed by atoms with E-state index < -0.39 is 52.0 Å². The van der Waals surface area contributed by atoms with Crippen LogP contribution in [0.5, 0.6) is 5.75 Å². The van der Waals surface area contributed by atoms with Gasteiger partial charge < -0.3 is 26.2 Å². The quantitative estimate of drug-likeness (QED) is 0.446. The predicted octanol–water partition coefficient (Wildman–Crippen LogP) is 0.732. The number of amides is 1. The van der Waals surface area contributed by atoms with E-state index in [0.717, 1.165) is 5.56 Å². The summed E-state index contributed by atoms with van der Waals surface area (Å²) in [6.07, 6.45) is 0.146. The summed E-state index contributed by atoms with van der Waals surface area (Å²) < 4.78 is 0. The lowest BCUT2D eigenvalue weighted by Crippen LogP contribution is -2.58. The summed E-state index contributed by atoms with van der Waals surface area (Å²) in [5.74, 6) is -6.13. The number of carbonyl (C=O) groups excluding carboxylic acids is 3. The number of ketones is 2. The van der Waals surface area contributed by atoms with E-state index in [1.807, 2.05) is 6.92 Å². The molecule has 1 aromatic carbocycles. The third kappa shape index (κ3) is 2.12. The van der Waals surface area contributed by atoms with Crippen molar-refractivity contribution in [3.05, 3.63) is 45.7 Å². The van der Waals surface area contributed by atoms with Crippen molar-refractivity contribution in [2.75, 3.05) is 0 Å². The van der Waals surface area contributed by atoms with Crippen molar-refractivity contribution in [2.24, 2.45) is 17.6 Å². The predicted molar refractivity (Wildman–Crippen MR) is 96.1 cm³/mol. The van der Waals surface area contributed by atoms with Crippen LogP contribution in [-0.2, 0) is 20.8 Å². The van der Waals surface area contributed by atoms with Crippen molar-refractivity contribution >= 4 is 23.2 Å². The average Bonchev–Trinajstić information content (AvgIpc) is 2.61. The summed E-state index contributed by atoms with van der Waals surface area (Å²) in [5.41, 5.74) is 3.33. The lowest BCUT2D eigenvalue weighted by molar-refractivity contribution is -0.147. The van der Waals surface area contributed by atoms with Crippen LogP contribution in [0.1, 0.15) is 29.5 Å². The molecule has 0 heterocycles. The number of rotatable bonds is 1. The Morgan fingerprint density at radius 1 is 1.18 bits per heavy atom. The van der Waals surface area contributed by atoms with Gasteiger partial charge in [-0.1, -0.05) is 6.07 Å². The van der Waals surface area contributed by atoms with Gasteiger partial charge >= 0.3 is 0 Å². The molecule has 0 saturated heterocycles. The highest BCUT2D eigenvalue weighted by Gasteiger charge is 2.60. The van der Waals surface area contributed by atoms with Gasteiger partial charge in [-0.3, -0.25) is 14.4 Å². The van der Waals surface area contributed by atoms with Crippen molar-refractivity contribution in [1.82, 2.24) is 0 Å². The van der Waals surface area contributed by atoms with E-state index >= 15 is 0 Å². The van der Waals surface area contributed by atoms with Crippen LogP contribution in [0.15, 0.2) is 29.0 Å². The number of aliphatic hydroxyl groups excluding tert-OH is 2. The van der Waals surface area contributed by atoms with E-state index in [-0.39, 0.29) is 29.7 Å². The van der Waals surface area contributed by atoms with Gasteiger partial charge in [-0.25, -0.2) is 0 Å². The maximum atomic E-state index is 13.2. The van der Waals surface area contributed by atoms with E-state index in [0.29, 0.717) is 12.0 Å². The fourth-order valence-electron chi connectivity index (χ4n) is 4.78. The molecule has 4 rings (SSSR count). The van der Waals surface area contributed by atoms with Crippen molar-refractivity contribution in [2.45, 2.75) is 31.8 Å². The number of aromatic hydroxyl groups is 1. The minimum atomic E-state index is -2.52. The minimum absolute atomic E-state index is 0.118. The molecule has 0 radical (unpaired) electrons. The molecule has 1 aromatic rings. The molecule has 8 nitrogen and oxygen atoms in total. The molecule has 28 heavy (non-hydrogen) atoms. The molecule has 0 aromatic heterocycles. The van der Waals surface area contributed by atoms with Crippen LogP contribution in [0.4, 0.5) is 0 Å². The SMILES string of the molecule is Cc1ccc(O)c2c1CC1C[C@H]3CC(=O)C(C(N)=O)=C(O)[C@@]3(O)C(=O)C1=C2O. The molecule has 146 valence electrons. The fraction of sp³-hybridized carbons (Fsp3) is 0.350. The summed E-state index contributed by atoms with van der Waals surface area (Å²) in [6.45, 7) is 1.81. The molecule has 0 bridgehead atoms.